The van der Waals surface area contributed by atoms with Crippen LogP contribution in [0.1, 0.15) is 32.7 Å². The van der Waals surface area contributed by atoms with Crippen LogP contribution in [-0.2, 0) is 9.59 Å². The Morgan fingerprint density at radius 1 is 1.32 bits per heavy atom. The monoisotopic (exact) mass is 303 g/mol. The number of nitrogens with zero attached hydrogens (tertiary/aromatic N) is 1. The van der Waals surface area contributed by atoms with Crippen LogP contribution in [0.25, 0.3) is 11.1 Å². The summed E-state index contributed by atoms with van der Waals surface area (Å²) in [5.41, 5.74) is 1.67. The average Bonchev–Trinajstić information content (AvgIpc) is 2.76. The fraction of sp³-hybridized carbons (Fsp3) is 0.400. The van der Waals surface area contributed by atoms with Crippen LogP contribution in [0.2, 0.25) is 0 Å². The van der Waals surface area contributed by atoms with Crippen LogP contribution >= 0.6 is 0 Å². The number of hydrogen-bond acceptors (Lipinski definition) is 5. The highest BCUT2D eigenvalue weighted by molar-refractivity contribution is 6.00. The molecule has 1 aromatic carbocycles. The Labute approximate surface area is 126 Å². The lowest BCUT2D eigenvalue weighted by Gasteiger charge is -2.21. The molecule has 2 N–H and O–H groups in total. The van der Waals surface area contributed by atoms with Crippen LogP contribution < -0.4 is 16.4 Å². The maximum atomic E-state index is 12.2. The quantitative estimate of drug-likeness (QED) is 0.836. The number of rotatable bonds is 3. The Bertz CT molecular complexity index is 803. The van der Waals surface area contributed by atoms with Crippen molar-refractivity contribution in [3.63, 3.8) is 0 Å². The number of oxazole rings is 1. The first kappa shape index (κ1) is 14.4. The second-order valence-corrected chi connectivity index (χ2v) is 5.66. The van der Waals surface area contributed by atoms with Gasteiger partial charge in [0.2, 0.25) is 11.8 Å². The molecule has 0 saturated carbocycles. The van der Waals surface area contributed by atoms with Gasteiger partial charge in [0.1, 0.15) is 6.04 Å². The molecule has 0 radical (unpaired) electrons. The minimum absolute atomic E-state index is 0.176. The molecular formula is C15H17N3O4. The Morgan fingerprint density at radius 3 is 2.77 bits per heavy atom. The highest BCUT2D eigenvalue weighted by Gasteiger charge is 2.31. The zero-order chi connectivity index (χ0) is 15.9. The maximum Gasteiger partial charge on any atom is 0.420 e. The molecule has 1 atom stereocenters. The van der Waals surface area contributed by atoms with E-state index in [1.807, 2.05) is 19.9 Å². The smallest absolute Gasteiger partial charge is 0.405 e. The van der Waals surface area contributed by atoms with Gasteiger partial charge in [0.15, 0.2) is 5.58 Å². The Morgan fingerprint density at radius 2 is 2.09 bits per heavy atom. The van der Waals surface area contributed by atoms with Gasteiger partial charge in [0.05, 0.1) is 11.2 Å². The molecule has 7 heteroatoms. The van der Waals surface area contributed by atoms with Gasteiger partial charge in [-0.25, -0.2) is 4.79 Å². The first-order chi connectivity index (χ1) is 10.5. The van der Waals surface area contributed by atoms with Gasteiger partial charge in [-0.1, -0.05) is 6.07 Å². The molecule has 0 spiro atoms. The van der Waals surface area contributed by atoms with Gasteiger partial charge >= 0.3 is 5.76 Å². The number of imide groups is 1. The highest BCUT2D eigenvalue weighted by Crippen LogP contribution is 2.27. The zero-order valence-electron chi connectivity index (χ0n) is 12.4. The molecule has 1 aliphatic heterocycles. The third-order valence-corrected chi connectivity index (χ3v) is 3.61. The van der Waals surface area contributed by atoms with Gasteiger partial charge in [0, 0.05) is 12.5 Å². The first-order valence-corrected chi connectivity index (χ1v) is 7.21. The topological polar surface area (TPSA) is 93.3 Å². The third kappa shape index (κ3) is 2.38. The van der Waals surface area contributed by atoms with Crippen LogP contribution in [0.3, 0.4) is 0 Å². The molecule has 3 rings (SSSR count). The normalized spacial score (nSPS) is 18.8. The van der Waals surface area contributed by atoms with Crippen molar-refractivity contribution in [3.05, 3.63) is 28.7 Å². The van der Waals surface area contributed by atoms with Gasteiger partial charge in [-0.05, 0) is 32.4 Å². The van der Waals surface area contributed by atoms with Gasteiger partial charge in [-0.2, -0.15) is 0 Å². The van der Waals surface area contributed by atoms with E-state index in [-0.39, 0.29) is 18.4 Å². The standard InChI is InChI=1S/C15H17N3O4/c1-8(2)16-9-4-3-5-10-13(9)22-15(21)18(10)11-6-7-12(19)17-14(11)20/h3-5,8,11,16H,6-7H2,1-2H3,(H,17,19,20). The number of hydrogen-bond donors (Lipinski definition) is 2. The van der Waals surface area contributed by atoms with Crippen LogP contribution in [-0.4, -0.2) is 22.4 Å². The molecule has 0 aliphatic carbocycles. The van der Waals surface area contributed by atoms with Gasteiger partial charge in [0.25, 0.3) is 0 Å². The average molecular weight is 303 g/mol. The largest absolute Gasteiger partial charge is 0.420 e. The zero-order valence-corrected chi connectivity index (χ0v) is 12.4. The lowest BCUT2D eigenvalue weighted by Crippen LogP contribution is -2.43. The van der Waals surface area contributed by atoms with Crippen LogP contribution in [0, 0.1) is 0 Å². The van der Waals surface area contributed by atoms with Crippen LogP contribution in [0.4, 0.5) is 5.69 Å². The predicted octanol–water partition coefficient (Wildman–Crippen LogP) is 1.39. The molecular weight excluding hydrogens is 286 g/mol. The molecule has 1 aliphatic rings. The van der Waals surface area contributed by atoms with E-state index in [1.165, 1.54) is 4.57 Å². The second-order valence-electron chi connectivity index (χ2n) is 5.66. The van der Waals surface area contributed by atoms with E-state index in [1.54, 1.807) is 12.1 Å². The fourth-order valence-electron chi connectivity index (χ4n) is 2.70. The fourth-order valence-corrected chi connectivity index (χ4v) is 2.70. The summed E-state index contributed by atoms with van der Waals surface area (Å²) in [5, 5.41) is 5.47. The number of para-hydroxylation sites is 1. The Hall–Kier alpha value is -2.57. The summed E-state index contributed by atoms with van der Waals surface area (Å²) in [5.74, 6) is -1.38. The molecule has 22 heavy (non-hydrogen) atoms. The van der Waals surface area contributed by atoms with Crippen molar-refractivity contribution in [1.29, 1.82) is 0 Å². The van der Waals surface area contributed by atoms with Crippen molar-refractivity contribution in [2.45, 2.75) is 38.8 Å². The van der Waals surface area contributed by atoms with Crippen molar-refractivity contribution in [1.82, 2.24) is 9.88 Å². The van der Waals surface area contributed by atoms with E-state index in [0.29, 0.717) is 23.2 Å². The van der Waals surface area contributed by atoms with Crippen molar-refractivity contribution in [3.8, 4) is 0 Å². The molecule has 1 fully saturated rings. The molecule has 2 aromatic rings. The van der Waals surface area contributed by atoms with E-state index < -0.39 is 17.7 Å². The van der Waals surface area contributed by atoms with Crippen LogP contribution in [0.15, 0.2) is 27.4 Å². The summed E-state index contributed by atoms with van der Waals surface area (Å²) in [6, 6.07) is 4.80. The molecule has 1 saturated heterocycles. The van der Waals surface area contributed by atoms with E-state index in [4.69, 9.17) is 4.42 Å². The number of nitrogens with one attached hydrogen (secondary N) is 2. The predicted molar refractivity (Wildman–Crippen MR) is 80.7 cm³/mol. The molecule has 2 amide bonds. The van der Waals surface area contributed by atoms with Gasteiger partial charge in [-0.15, -0.1) is 0 Å². The number of aromatic nitrogens is 1. The summed E-state index contributed by atoms with van der Waals surface area (Å²) in [6.45, 7) is 3.96. The van der Waals surface area contributed by atoms with Gasteiger partial charge in [-0.3, -0.25) is 19.5 Å². The molecule has 1 aromatic heterocycles. The second kappa shape index (κ2) is 5.32. The number of carbonyl (C=O) groups is 2. The summed E-state index contributed by atoms with van der Waals surface area (Å²) in [4.78, 5) is 35.5. The van der Waals surface area contributed by atoms with Gasteiger partial charge < -0.3 is 9.73 Å². The number of amides is 2. The van der Waals surface area contributed by atoms with E-state index in [0.717, 1.165) is 0 Å². The summed E-state index contributed by atoms with van der Waals surface area (Å²) >= 11 is 0. The Balaban J connectivity index is 2.11. The highest BCUT2D eigenvalue weighted by atomic mass is 16.4. The number of piperidine rings is 1. The SMILES string of the molecule is CC(C)Nc1cccc2c1oc(=O)n2C1CCC(=O)NC1=O. The Kier molecular flexibility index (Phi) is 3.48. The number of benzene rings is 1. The lowest BCUT2D eigenvalue weighted by atomic mass is 10.1. The molecule has 0 bridgehead atoms. The number of carbonyl (C=O) groups excluding carboxylic acids is 2. The summed E-state index contributed by atoms with van der Waals surface area (Å²) in [7, 11) is 0. The number of fused-ring (bicyclic) bond motifs is 1. The summed E-state index contributed by atoms with van der Waals surface area (Å²) in [6.07, 6.45) is 0.500. The lowest BCUT2D eigenvalue weighted by molar-refractivity contribution is -0.135. The van der Waals surface area contributed by atoms with Crippen molar-refractivity contribution in [2.24, 2.45) is 0 Å². The molecule has 116 valence electrons. The van der Waals surface area contributed by atoms with Crippen molar-refractivity contribution in [2.75, 3.05) is 5.32 Å². The number of anilines is 1. The van der Waals surface area contributed by atoms with Crippen molar-refractivity contribution < 1.29 is 14.0 Å². The minimum Gasteiger partial charge on any atom is -0.405 e. The maximum absolute atomic E-state index is 12.2. The van der Waals surface area contributed by atoms with Crippen molar-refractivity contribution >= 4 is 28.6 Å². The van der Waals surface area contributed by atoms with E-state index >= 15 is 0 Å². The molecule has 7 nitrogen and oxygen atoms in total. The van der Waals surface area contributed by atoms with Crippen LogP contribution in [0.5, 0.6) is 0 Å². The molecule has 2 heterocycles. The van der Waals surface area contributed by atoms with E-state index in [9.17, 15) is 14.4 Å². The third-order valence-electron chi connectivity index (χ3n) is 3.61. The minimum atomic E-state index is -0.722. The first-order valence-electron chi connectivity index (χ1n) is 7.21. The summed E-state index contributed by atoms with van der Waals surface area (Å²) < 4.78 is 6.66. The van der Waals surface area contributed by atoms with E-state index in [2.05, 4.69) is 10.6 Å². The molecule has 1 unspecified atom stereocenters.